The Hall–Kier alpha value is -2.72. The first-order valence-electron chi connectivity index (χ1n) is 10.9. The predicted octanol–water partition coefficient (Wildman–Crippen LogP) is 3.25. The van der Waals surface area contributed by atoms with E-state index in [0.29, 0.717) is 29.6 Å². The van der Waals surface area contributed by atoms with Gasteiger partial charge in [0.15, 0.2) is 11.5 Å². The van der Waals surface area contributed by atoms with E-state index in [9.17, 15) is 0 Å². The van der Waals surface area contributed by atoms with Gasteiger partial charge in [-0.15, -0.1) is 5.10 Å². The molecule has 4 aromatic rings. The van der Waals surface area contributed by atoms with Crippen molar-refractivity contribution >= 4 is 41.9 Å². The van der Waals surface area contributed by atoms with Crippen molar-refractivity contribution in [2.45, 2.75) is 37.4 Å². The van der Waals surface area contributed by atoms with Crippen molar-refractivity contribution in [3.05, 3.63) is 72.6 Å². The first-order valence-corrected chi connectivity index (χ1v) is 14.0. The van der Waals surface area contributed by atoms with Gasteiger partial charge in [0.25, 0.3) is 8.32 Å². The summed E-state index contributed by atoms with van der Waals surface area (Å²) in [6.45, 7) is 7.39. The second-order valence-corrected chi connectivity index (χ2v) is 13.9. The highest BCUT2D eigenvalue weighted by Gasteiger charge is 2.50. The molecule has 172 valence electrons. The van der Waals surface area contributed by atoms with Gasteiger partial charge in [0, 0.05) is 13.0 Å². The molecule has 2 aromatic carbocycles. The summed E-state index contributed by atoms with van der Waals surface area (Å²) in [5.74, 6) is 6.17. The molecular formula is C24H30N6OSSi. The van der Waals surface area contributed by atoms with E-state index < -0.39 is 8.32 Å². The van der Waals surface area contributed by atoms with Crippen molar-refractivity contribution in [1.29, 1.82) is 0 Å². The van der Waals surface area contributed by atoms with Crippen LogP contribution in [0.15, 0.2) is 72.0 Å². The third-order valence-corrected chi connectivity index (χ3v) is 11.4. The SMILES string of the molecule is CSc1nc(NN)c2ncc(CCO[Si](c3ccccc3)(c3ccccc3)C(C)(C)C)n2n1. The molecule has 2 aromatic heterocycles. The number of nitrogens with zero attached hydrogens (tertiary/aromatic N) is 4. The van der Waals surface area contributed by atoms with Gasteiger partial charge in [-0.25, -0.2) is 15.3 Å². The summed E-state index contributed by atoms with van der Waals surface area (Å²) >= 11 is 1.46. The fraction of sp³-hybridized carbons (Fsp3) is 0.292. The molecule has 0 radical (unpaired) electrons. The number of benzene rings is 2. The quantitative estimate of drug-likeness (QED) is 0.174. The highest BCUT2D eigenvalue weighted by molar-refractivity contribution is 7.98. The van der Waals surface area contributed by atoms with E-state index in [1.807, 2.05) is 17.0 Å². The number of hydrogen-bond acceptors (Lipinski definition) is 7. The van der Waals surface area contributed by atoms with E-state index in [1.165, 1.54) is 22.1 Å². The van der Waals surface area contributed by atoms with Crippen LogP contribution in [-0.2, 0) is 10.8 Å². The molecule has 0 atom stereocenters. The number of nitrogens with one attached hydrogen (secondary N) is 1. The number of nitrogens with two attached hydrogens (primary N) is 1. The smallest absolute Gasteiger partial charge is 0.261 e. The lowest BCUT2D eigenvalue weighted by Crippen LogP contribution is -2.66. The van der Waals surface area contributed by atoms with Crippen LogP contribution in [0.5, 0.6) is 0 Å². The van der Waals surface area contributed by atoms with Crippen molar-refractivity contribution < 1.29 is 4.43 Å². The summed E-state index contributed by atoms with van der Waals surface area (Å²) < 4.78 is 8.82. The molecule has 0 saturated heterocycles. The molecule has 3 N–H and O–H groups in total. The lowest BCUT2D eigenvalue weighted by Gasteiger charge is -2.43. The lowest BCUT2D eigenvalue weighted by molar-refractivity contribution is 0.299. The molecule has 33 heavy (non-hydrogen) atoms. The Balaban J connectivity index is 1.71. The Morgan fingerprint density at radius 2 is 1.64 bits per heavy atom. The van der Waals surface area contributed by atoms with Crippen LogP contribution < -0.4 is 21.6 Å². The van der Waals surface area contributed by atoms with Crippen LogP contribution in [0, 0.1) is 0 Å². The topological polar surface area (TPSA) is 90.4 Å². The molecule has 7 nitrogen and oxygen atoms in total. The molecule has 2 heterocycles. The molecule has 0 fully saturated rings. The second kappa shape index (κ2) is 9.64. The van der Waals surface area contributed by atoms with Gasteiger partial charge in [-0.05, 0) is 21.7 Å². The summed E-state index contributed by atoms with van der Waals surface area (Å²) in [5.41, 5.74) is 4.19. The summed E-state index contributed by atoms with van der Waals surface area (Å²) in [6, 6.07) is 21.3. The number of hydrazine groups is 1. The molecule has 0 saturated carbocycles. The number of thioether (sulfide) groups is 1. The van der Waals surface area contributed by atoms with Gasteiger partial charge in [0.05, 0.1) is 11.9 Å². The van der Waals surface area contributed by atoms with Crippen LogP contribution >= 0.6 is 11.8 Å². The first-order chi connectivity index (χ1) is 15.9. The number of imidazole rings is 1. The first kappa shape index (κ1) is 23.4. The van der Waals surface area contributed by atoms with Gasteiger partial charge in [-0.2, -0.15) is 4.98 Å². The van der Waals surface area contributed by atoms with Crippen LogP contribution in [0.1, 0.15) is 26.5 Å². The van der Waals surface area contributed by atoms with Crippen LogP contribution in [0.25, 0.3) is 5.65 Å². The molecule has 0 spiro atoms. The van der Waals surface area contributed by atoms with E-state index in [-0.39, 0.29) is 5.04 Å². The molecule has 0 unspecified atom stereocenters. The molecule has 0 aliphatic carbocycles. The Morgan fingerprint density at radius 3 is 2.15 bits per heavy atom. The third-order valence-electron chi connectivity index (χ3n) is 5.83. The third kappa shape index (κ3) is 4.41. The van der Waals surface area contributed by atoms with E-state index in [2.05, 4.69) is 102 Å². The van der Waals surface area contributed by atoms with Crippen molar-refractivity contribution in [3.63, 3.8) is 0 Å². The van der Waals surface area contributed by atoms with Crippen molar-refractivity contribution in [3.8, 4) is 0 Å². The number of nitrogen functional groups attached to an aromatic ring is 1. The number of hydrogen-bond donors (Lipinski definition) is 2. The van der Waals surface area contributed by atoms with Gasteiger partial charge < -0.3 is 9.85 Å². The van der Waals surface area contributed by atoms with E-state index >= 15 is 0 Å². The minimum Gasteiger partial charge on any atom is -0.407 e. The summed E-state index contributed by atoms with van der Waals surface area (Å²) in [6.07, 6.45) is 4.42. The monoisotopic (exact) mass is 478 g/mol. The average molecular weight is 479 g/mol. The molecule has 0 aliphatic rings. The van der Waals surface area contributed by atoms with Crippen molar-refractivity contribution in [2.75, 3.05) is 18.3 Å². The summed E-state index contributed by atoms with van der Waals surface area (Å²) in [7, 11) is -2.58. The highest BCUT2D eigenvalue weighted by atomic mass is 32.2. The van der Waals surface area contributed by atoms with Crippen molar-refractivity contribution in [2.24, 2.45) is 5.84 Å². The number of rotatable bonds is 8. The molecule has 0 amide bonds. The zero-order chi connectivity index (χ0) is 23.5. The Morgan fingerprint density at radius 1 is 1.03 bits per heavy atom. The zero-order valence-corrected chi connectivity index (χ0v) is 21.3. The maximum absolute atomic E-state index is 7.01. The maximum atomic E-state index is 7.01. The standard InChI is InChI=1S/C24H30N6OSSi/c1-24(2,3)33(19-11-7-5-8-12-19,20-13-9-6-10-14-20)31-16-15-18-17-26-22-21(28-25)27-23(32-4)29-30(18)22/h5-14,17H,15-16,25H2,1-4H3,(H,27,28,29). The number of aromatic nitrogens is 4. The molecule has 4 rings (SSSR count). The molecular weight excluding hydrogens is 448 g/mol. The Bertz CT molecular complexity index is 1170. The van der Waals surface area contributed by atoms with Crippen LogP contribution in [0.3, 0.4) is 0 Å². The molecule has 0 aliphatic heterocycles. The minimum absolute atomic E-state index is 0.0694. The van der Waals surface area contributed by atoms with Gasteiger partial charge in [-0.1, -0.05) is 93.2 Å². The van der Waals surface area contributed by atoms with E-state index in [4.69, 9.17) is 10.3 Å². The summed E-state index contributed by atoms with van der Waals surface area (Å²) in [4.78, 5) is 8.88. The van der Waals surface area contributed by atoms with Crippen molar-refractivity contribution in [1.82, 2.24) is 19.6 Å². The maximum Gasteiger partial charge on any atom is 0.261 e. The Kier molecular flexibility index (Phi) is 6.85. The van der Waals surface area contributed by atoms with Gasteiger partial charge in [-0.3, -0.25) is 0 Å². The second-order valence-electron chi connectivity index (χ2n) is 8.84. The Labute approximate surface area is 199 Å². The predicted molar refractivity (Wildman–Crippen MR) is 138 cm³/mol. The normalized spacial score (nSPS) is 12.3. The largest absolute Gasteiger partial charge is 0.407 e. The van der Waals surface area contributed by atoms with Gasteiger partial charge >= 0.3 is 0 Å². The number of fused-ring (bicyclic) bond motifs is 1. The van der Waals surface area contributed by atoms with E-state index in [0.717, 1.165) is 5.69 Å². The lowest BCUT2D eigenvalue weighted by atomic mass is 10.2. The summed E-state index contributed by atoms with van der Waals surface area (Å²) in [5, 5.41) is 7.70. The molecule has 0 bridgehead atoms. The average Bonchev–Trinajstić information content (AvgIpc) is 3.24. The van der Waals surface area contributed by atoms with Gasteiger partial charge in [0.2, 0.25) is 5.16 Å². The molecule has 9 heteroatoms. The fourth-order valence-corrected chi connectivity index (χ4v) is 9.24. The van der Waals surface area contributed by atoms with E-state index in [1.54, 1.807) is 0 Å². The van der Waals surface area contributed by atoms with Crippen LogP contribution in [0.4, 0.5) is 5.82 Å². The van der Waals surface area contributed by atoms with Crippen LogP contribution in [0.2, 0.25) is 5.04 Å². The zero-order valence-electron chi connectivity index (χ0n) is 19.4. The van der Waals surface area contributed by atoms with Gasteiger partial charge in [0.1, 0.15) is 0 Å². The minimum atomic E-state index is -2.58. The highest BCUT2D eigenvalue weighted by Crippen LogP contribution is 2.36. The van der Waals surface area contributed by atoms with Crippen LogP contribution in [-0.4, -0.2) is 40.8 Å². The fourth-order valence-electron chi connectivity index (χ4n) is 4.33. The number of anilines is 1.